The molecule has 122 valence electrons. The molecule has 0 aromatic heterocycles. The van der Waals surface area contributed by atoms with E-state index in [2.05, 4.69) is 11.0 Å². The monoisotopic (exact) mass is 331 g/mol. The van der Waals surface area contributed by atoms with Crippen molar-refractivity contribution in [2.75, 3.05) is 19.7 Å². The van der Waals surface area contributed by atoms with Gasteiger partial charge in [-0.1, -0.05) is 41.9 Å². The Balaban J connectivity index is 1.49. The zero-order chi connectivity index (χ0) is 16.1. The van der Waals surface area contributed by atoms with Gasteiger partial charge in [0.05, 0.1) is 12.7 Å². The van der Waals surface area contributed by atoms with Crippen molar-refractivity contribution in [3.8, 4) is 5.75 Å². The minimum absolute atomic E-state index is 0.348. The van der Waals surface area contributed by atoms with Gasteiger partial charge in [0.25, 0.3) is 0 Å². The topological polar surface area (TPSA) is 32.7 Å². The van der Waals surface area contributed by atoms with Crippen LogP contribution in [-0.2, 0) is 6.54 Å². The molecular formula is C19H22ClNO2. The summed E-state index contributed by atoms with van der Waals surface area (Å²) >= 11 is 5.95. The first kappa shape index (κ1) is 16.3. The average molecular weight is 332 g/mol. The van der Waals surface area contributed by atoms with E-state index in [0.717, 1.165) is 43.8 Å². The molecule has 2 aromatic rings. The summed E-state index contributed by atoms with van der Waals surface area (Å²) < 4.78 is 5.74. The maximum absolute atomic E-state index is 10.2. The molecule has 3 rings (SSSR count). The fourth-order valence-corrected chi connectivity index (χ4v) is 3.19. The van der Waals surface area contributed by atoms with Crippen LogP contribution in [0.15, 0.2) is 48.5 Å². The first-order valence-corrected chi connectivity index (χ1v) is 8.47. The minimum Gasteiger partial charge on any atom is -0.493 e. The van der Waals surface area contributed by atoms with E-state index >= 15 is 0 Å². The third-order valence-electron chi connectivity index (χ3n) is 4.21. The second-order valence-corrected chi connectivity index (χ2v) is 6.38. The first-order chi connectivity index (χ1) is 11.2. The van der Waals surface area contributed by atoms with Gasteiger partial charge in [-0.3, -0.25) is 4.90 Å². The average Bonchev–Trinajstić information content (AvgIpc) is 2.71. The fraction of sp³-hybridized carbons (Fsp3) is 0.368. The molecule has 1 aliphatic heterocycles. The molecular weight excluding hydrogens is 310 g/mol. The number of halogens is 1. The van der Waals surface area contributed by atoms with Crippen molar-refractivity contribution in [2.24, 2.45) is 0 Å². The van der Waals surface area contributed by atoms with E-state index in [-0.39, 0.29) is 6.10 Å². The number of aliphatic hydroxyl groups excluding tert-OH is 1. The lowest BCUT2D eigenvalue weighted by atomic mass is 10.0. The van der Waals surface area contributed by atoms with E-state index in [1.54, 1.807) is 0 Å². The summed E-state index contributed by atoms with van der Waals surface area (Å²) in [6.07, 6.45) is 1.38. The van der Waals surface area contributed by atoms with Crippen LogP contribution >= 0.6 is 11.6 Å². The molecule has 0 unspecified atom stereocenters. The minimum atomic E-state index is -0.348. The van der Waals surface area contributed by atoms with Crippen LogP contribution in [0.5, 0.6) is 5.75 Å². The summed E-state index contributed by atoms with van der Waals surface area (Å²) in [6, 6.07) is 15.7. The molecule has 0 radical (unpaired) electrons. The fourth-order valence-electron chi connectivity index (χ4n) is 3.01. The summed E-state index contributed by atoms with van der Waals surface area (Å²) in [4.78, 5) is 2.39. The Morgan fingerprint density at radius 1 is 1.17 bits per heavy atom. The lowest BCUT2D eigenvalue weighted by Crippen LogP contribution is -2.25. The Kier molecular flexibility index (Phi) is 5.55. The van der Waals surface area contributed by atoms with E-state index < -0.39 is 0 Å². The predicted octanol–water partition coefficient (Wildman–Crippen LogP) is 4.05. The summed E-state index contributed by atoms with van der Waals surface area (Å²) in [5, 5.41) is 10.9. The van der Waals surface area contributed by atoms with Crippen molar-refractivity contribution < 1.29 is 9.84 Å². The number of benzene rings is 2. The Labute approximate surface area is 142 Å². The van der Waals surface area contributed by atoms with Crippen molar-refractivity contribution in [3.63, 3.8) is 0 Å². The van der Waals surface area contributed by atoms with Gasteiger partial charge < -0.3 is 9.84 Å². The lowest BCUT2D eigenvalue weighted by Gasteiger charge is -2.20. The molecule has 2 aromatic carbocycles. The van der Waals surface area contributed by atoms with Gasteiger partial charge in [-0.2, -0.15) is 0 Å². The quantitative estimate of drug-likeness (QED) is 0.839. The molecule has 4 heteroatoms. The number of ether oxygens (including phenoxy) is 1. The van der Waals surface area contributed by atoms with Crippen LogP contribution < -0.4 is 4.74 Å². The van der Waals surface area contributed by atoms with E-state index in [0.29, 0.717) is 11.6 Å². The van der Waals surface area contributed by atoms with E-state index in [9.17, 15) is 5.11 Å². The van der Waals surface area contributed by atoms with Gasteiger partial charge in [-0.15, -0.1) is 0 Å². The second kappa shape index (κ2) is 7.82. The Bertz CT molecular complexity index is 647. The van der Waals surface area contributed by atoms with E-state index in [4.69, 9.17) is 16.3 Å². The number of nitrogens with zero attached hydrogens (tertiary/aromatic N) is 1. The summed E-state index contributed by atoms with van der Waals surface area (Å²) in [7, 11) is 0. The molecule has 1 N–H and O–H groups in total. The third kappa shape index (κ3) is 4.47. The number of aliphatic hydroxyl groups is 1. The predicted molar refractivity (Wildman–Crippen MR) is 92.9 cm³/mol. The smallest absolute Gasteiger partial charge is 0.120 e. The summed E-state index contributed by atoms with van der Waals surface area (Å²) in [6.45, 7) is 3.43. The molecule has 0 saturated heterocycles. The zero-order valence-electron chi connectivity index (χ0n) is 13.1. The van der Waals surface area contributed by atoms with Crippen molar-refractivity contribution in [3.05, 3.63) is 64.7 Å². The van der Waals surface area contributed by atoms with Crippen LogP contribution in [0.1, 0.15) is 30.1 Å². The van der Waals surface area contributed by atoms with Gasteiger partial charge in [-0.05, 0) is 42.2 Å². The van der Waals surface area contributed by atoms with Crippen LogP contribution in [0.3, 0.4) is 0 Å². The number of hydrogen-bond donors (Lipinski definition) is 1. The largest absolute Gasteiger partial charge is 0.493 e. The molecule has 3 nitrogen and oxygen atoms in total. The summed E-state index contributed by atoms with van der Waals surface area (Å²) in [5.74, 6) is 0.814. The number of rotatable bonds is 5. The van der Waals surface area contributed by atoms with Gasteiger partial charge in [0.1, 0.15) is 5.75 Å². The SMILES string of the molecule is O[C@@H]1CCN(CCCOc2cccc(Cl)c2)Cc2ccccc21. The van der Waals surface area contributed by atoms with Crippen molar-refractivity contribution in [2.45, 2.75) is 25.5 Å². The van der Waals surface area contributed by atoms with Gasteiger partial charge in [-0.25, -0.2) is 0 Å². The highest BCUT2D eigenvalue weighted by atomic mass is 35.5. The molecule has 0 spiro atoms. The highest BCUT2D eigenvalue weighted by molar-refractivity contribution is 6.30. The Hall–Kier alpha value is -1.55. The molecule has 1 aliphatic rings. The maximum atomic E-state index is 10.2. The van der Waals surface area contributed by atoms with Gasteiger partial charge >= 0.3 is 0 Å². The van der Waals surface area contributed by atoms with Gasteiger partial charge in [0.2, 0.25) is 0 Å². The van der Waals surface area contributed by atoms with Crippen LogP contribution in [0.25, 0.3) is 0 Å². The van der Waals surface area contributed by atoms with Crippen LogP contribution in [0.2, 0.25) is 5.02 Å². The normalized spacial score (nSPS) is 18.3. The summed E-state index contributed by atoms with van der Waals surface area (Å²) in [5.41, 5.74) is 2.30. The Morgan fingerprint density at radius 3 is 2.91 bits per heavy atom. The van der Waals surface area contributed by atoms with Crippen LogP contribution in [-0.4, -0.2) is 29.7 Å². The molecule has 1 heterocycles. The molecule has 23 heavy (non-hydrogen) atoms. The molecule has 0 bridgehead atoms. The van der Waals surface area contributed by atoms with E-state index in [1.165, 1.54) is 5.56 Å². The van der Waals surface area contributed by atoms with Crippen molar-refractivity contribution in [1.29, 1.82) is 0 Å². The van der Waals surface area contributed by atoms with Crippen LogP contribution in [0.4, 0.5) is 0 Å². The number of hydrogen-bond acceptors (Lipinski definition) is 3. The standard InChI is InChI=1S/C19H22ClNO2/c20-16-6-3-7-17(13-16)23-12-4-10-21-11-9-19(22)18-8-2-1-5-15(18)14-21/h1-3,5-8,13,19,22H,4,9-12,14H2/t19-/m1/s1. The lowest BCUT2D eigenvalue weighted by molar-refractivity contribution is 0.149. The number of fused-ring (bicyclic) bond motifs is 1. The van der Waals surface area contributed by atoms with Crippen LogP contribution in [0, 0.1) is 0 Å². The maximum Gasteiger partial charge on any atom is 0.120 e. The van der Waals surface area contributed by atoms with Crippen molar-refractivity contribution >= 4 is 11.6 Å². The zero-order valence-corrected chi connectivity index (χ0v) is 13.9. The molecule has 0 aliphatic carbocycles. The second-order valence-electron chi connectivity index (χ2n) is 5.94. The van der Waals surface area contributed by atoms with E-state index in [1.807, 2.05) is 42.5 Å². The third-order valence-corrected chi connectivity index (χ3v) is 4.45. The van der Waals surface area contributed by atoms with Gasteiger partial charge in [0, 0.05) is 24.7 Å². The highest BCUT2D eigenvalue weighted by Gasteiger charge is 2.19. The Morgan fingerprint density at radius 2 is 2.04 bits per heavy atom. The van der Waals surface area contributed by atoms with Crippen molar-refractivity contribution in [1.82, 2.24) is 4.90 Å². The molecule has 0 fully saturated rings. The molecule has 0 saturated carbocycles. The molecule has 1 atom stereocenters. The first-order valence-electron chi connectivity index (χ1n) is 8.09. The molecule has 0 amide bonds. The van der Waals surface area contributed by atoms with Gasteiger partial charge in [0.15, 0.2) is 0 Å². The highest BCUT2D eigenvalue weighted by Crippen LogP contribution is 2.26.